The fraction of sp³-hybridized carbons (Fsp3) is 0.700. The second-order valence-electron chi connectivity index (χ2n) is 3.55. The minimum Gasteiger partial charge on any atom is -0.550 e. The van der Waals surface area contributed by atoms with Gasteiger partial charge in [0.1, 0.15) is 0 Å². The number of carboxylic acids is 1. The highest BCUT2D eigenvalue weighted by molar-refractivity contribution is 5.65. The Hall–Kier alpha value is -0.830. The molecule has 0 spiro atoms. The molecule has 0 aromatic heterocycles. The molecule has 0 saturated carbocycles. The average molecular weight is 185 g/mol. The van der Waals surface area contributed by atoms with Crippen molar-refractivity contribution in [2.75, 3.05) is 0 Å². The molecule has 0 aliphatic rings. The van der Waals surface area contributed by atoms with Gasteiger partial charge in [0.15, 0.2) is 0 Å². The van der Waals surface area contributed by atoms with Crippen LogP contribution in [-0.4, -0.2) is 17.2 Å². The van der Waals surface area contributed by atoms with Gasteiger partial charge >= 0.3 is 0 Å². The Morgan fingerprint density at radius 2 is 2.08 bits per heavy atom. The van der Waals surface area contributed by atoms with Gasteiger partial charge in [0.05, 0.1) is 6.10 Å². The van der Waals surface area contributed by atoms with Crippen LogP contribution in [0.2, 0.25) is 0 Å². The van der Waals surface area contributed by atoms with Crippen LogP contribution in [0, 0.1) is 5.92 Å². The minimum absolute atomic E-state index is 0.00204. The SMILES string of the molecule is C=C(C)[C@H](CC[C@@H](C)O)CC(=O)[O-]. The zero-order valence-corrected chi connectivity index (χ0v) is 8.25. The fourth-order valence-corrected chi connectivity index (χ4v) is 1.17. The van der Waals surface area contributed by atoms with E-state index < -0.39 is 5.97 Å². The molecule has 0 saturated heterocycles. The minimum atomic E-state index is -1.06. The van der Waals surface area contributed by atoms with Crippen LogP contribution >= 0.6 is 0 Å². The van der Waals surface area contributed by atoms with Crippen LogP contribution in [0.15, 0.2) is 12.2 Å². The molecule has 0 radical (unpaired) electrons. The van der Waals surface area contributed by atoms with Crippen molar-refractivity contribution in [3.05, 3.63) is 12.2 Å². The van der Waals surface area contributed by atoms with E-state index in [4.69, 9.17) is 5.11 Å². The third-order valence-corrected chi connectivity index (χ3v) is 2.04. The summed E-state index contributed by atoms with van der Waals surface area (Å²) >= 11 is 0. The predicted molar refractivity (Wildman–Crippen MR) is 48.8 cm³/mol. The third kappa shape index (κ3) is 6.34. The van der Waals surface area contributed by atoms with Crippen LogP contribution in [0.25, 0.3) is 0 Å². The lowest BCUT2D eigenvalue weighted by molar-refractivity contribution is -0.306. The topological polar surface area (TPSA) is 60.4 Å². The Morgan fingerprint density at radius 1 is 1.54 bits per heavy atom. The standard InChI is InChI=1S/C10H18O3/c1-7(2)9(6-10(12)13)5-4-8(3)11/h8-9,11H,1,4-6H2,2-3H3,(H,12,13)/p-1/t8-,9-/m1/s1. The highest BCUT2D eigenvalue weighted by Gasteiger charge is 2.10. The number of rotatable bonds is 6. The molecule has 0 fully saturated rings. The molecule has 3 heteroatoms. The molecule has 2 atom stereocenters. The normalized spacial score (nSPS) is 15.0. The zero-order valence-electron chi connectivity index (χ0n) is 8.25. The number of aliphatic hydroxyl groups excluding tert-OH is 1. The molecule has 13 heavy (non-hydrogen) atoms. The first-order chi connectivity index (χ1) is 5.93. The molecule has 0 aliphatic carbocycles. The summed E-state index contributed by atoms with van der Waals surface area (Å²) < 4.78 is 0. The molecule has 0 bridgehead atoms. The van der Waals surface area contributed by atoms with E-state index in [-0.39, 0.29) is 18.4 Å². The average Bonchev–Trinajstić information content (AvgIpc) is 1.96. The van der Waals surface area contributed by atoms with Crippen molar-refractivity contribution < 1.29 is 15.0 Å². The summed E-state index contributed by atoms with van der Waals surface area (Å²) in [5.41, 5.74) is 0.838. The largest absolute Gasteiger partial charge is 0.550 e. The summed E-state index contributed by atoms with van der Waals surface area (Å²) in [6, 6.07) is 0. The fourth-order valence-electron chi connectivity index (χ4n) is 1.17. The summed E-state index contributed by atoms with van der Waals surface area (Å²) in [6.07, 6.45) is 0.872. The van der Waals surface area contributed by atoms with Gasteiger partial charge in [-0.3, -0.25) is 0 Å². The molecule has 0 aromatic carbocycles. The molecule has 0 heterocycles. The van der Waals surface area contributed by atoms with Crippen molar-refractivity contribution in [2.45, 2.75) is 39.2 Å². The Morgan fingerprint density at radius 3 is 2.38 bits per heavy atom. The van der Waals surface area contributed by atoms with Gasteiger partial charge in [0.25, 0.3) is 0 Å². The van der Waals surface area contributed by atoms with E-state index >= 15 is 0 Å². The van der Waals surface area contributed by atoms with Gasteiger partial charge in [-0.15, -0.1) is 0 Å². The van der Waals surface area contributed by atoms with E-state index in [2.05, 4.69) is 6.58 Å². The zero-order chi connectivity index (χ0) is 10.4. The second kappa shape index (κ2) is 5.75. The maximum Gasteiger partial charge on any atom is 0.0512 e. The molecule has 76 valence electrons. The van der Waals surface area contributed by atoms with Crippen LogP contribution < -0.4 is 5.11 Å². The number of carbonyl (C=O) groups excluding carboxylic acids is 1. The van der Waals surface area contributed by atoms with Crippen molar-refractivity contribution in [2.24, 2.45) is 5.92 Å². The lowest BCUT2D eigenvalue weighted by Crippen LogP contribution is -2.25. The van der Waals surface area contributed by atoms with Crippen LogP contribution in [0.4, 0.5) is 0 Å². The first-order valence-electron chi connectivity index (χ1n) is 4.46. The van der Waals surface area contributed by atoms with Crippen molar-refractivity contribution >= 4 is 5.97 Å². The van der Waals surface area contributed by atoms with E-state index in [1.807, 2.05) is 0 Å². The van der Waals surface area contributed by atoms with Gasteiger partial charge in [-0.25, -0.2) is 0 Å². The highest BCUT2D eigenvalue weighted by Crippen LogP contribution is 2.19. The Balaban J connectivity index is 3.95. The monoisotopic (exact) mass is 185 g/mol. The Bertz CT molecular complexity index is 185. The smallest absolute Gasteiger partial charge is 0.0512 e. The van der Waals surface area contributed by atoms with E-state index in [1.165, 1.54) is 0 Å². The lowest BCUT2D eigenvalue weighted by Gasteiger charge is -2.18. The van der Waals surface area contributed by atoms with E-state index in [1.54, 1.807) is 13.8 Å². The highest BCUT2D eigenvalue weighted by atomic mass is 16.4. The van der Waals surface area contributed by atoms with Gasteiger partial charge in [-0.1, -0.05) is 12.2 Å². The molecular weight excluding hydrogens is 168 g/mol. The van der Waals surface area contributed by atoms with Crippen molar-refractivity contribution in [1.82, 2.24) is 0 Å². The van der Waals surface area contributed by atoms with Crippen LogP contribution in [0.1, 0.15) is 33.1 Å². The molecular formula is C10H17O3-. The van der Waals surface area contributed by atoms with Gasteiger partial charge in [0.2, 0.25) is 0 Å². The quantitative estimate of drug-likeness (QED) is 0.612. The van der Waals surface area contributed by atoms with Gasteiger partial charge < -0.3 is 15.0 Å². The molecule has 0 aliphatic heterocycles. The number of hydrogen-bond donors (Lipinski definition) is 1. The van der Waals surface area contributed by atoms with Crippen molar-refractivity contribution in [3.63, 3.8) is 0 Å². The van der Waals surface area contributed by atoms with E-state index in [9.17, 15) is 9.90 Å². The third-order valence-electron chi connectivity index (χ3n) is 2.04. The molecule has 0 rings (SSSR count). The van der Waals surface area contributed by atoms with Gasteiger partial charge in [-0.2, -0.15) is 0 Å². The van der Waals surface area contributed by atoms with Gasteiger partial charge in [-0.05, 0) is 39.0 Å². The number of allylic oxidation sites excluding steroid dienone is 1. The van der Waals surface area contributed by atoms with Gasteiger partial charge in [0, 0.05) is 5.97 Å². The first kappa shape index (κ1) is 12.2. The summed E-state index contributed by atoms with van der Waals surface area (Å²) in [5.74, 6) is -1.13. The van der Waals surface area contributed by atoms with E-state index in [0.717, 1.165) is 5.57 Å². The van der Waals surface area contributed by atoms with Crippen LogP contribution in [0.5, 0.6) is 0 Å². The van der Waals surface area contributed by atoms with Crippen molar-refractivity contribution in [1.29, 1.82) is 0 Å². The van der Waals surface area contributed by atoms with Crippen LogP contribution in [-0.2, 0) is 4.79 Å². The molecule has 0 aromatic rings. The number of aliphatic carboxylic acids is 1. The molecule has 0 amide bonds. The number of hydrogen-bond acceptors (Lipinski definition) is 3. The maximum atomic E-state index is 10.3. The maximum absolute atomic E-state index is 10.3. The first-order valence-corrected chi connectivity index (χ1v) is 4.46. The lowest BCUT2D eigenvalue weighted by atomic mass is 9.92. The Labute approximate surface area is 79.1 Å². The van der Waals surface area contributed by atoms with Crippen LogP contribution in [0.3, 0.4) is 0 Å². The summed E-state index contributed by atoms with van der Waals surface area (Å²) in [5, 5.41) is 19.4. The Kier molecular flexibility index (Phi) is 5.39. The summed E-state index contributed by atoms with van der Waals surface area (Å²) in [6.45, 7) is 7.20. The summed E-state index contributed by atoms with van der Waals surface area (Å²) in [7, 11) is 0. The number of aliphatic hydroxyl groups is 1. The number of carbonyl (C=O) groups is 1. The molecule has 0 unspecified atom stereocenters. The summed E-state index contributed by atoms with van der Waals surface area (Å²) in [4.78, 5) is 10.3. The van der Waals surface area contributed by atoms with E-state index in [0.29, 0.717) is 12.8 Å². The molecule has 3 nitrogen and oxygen atoms in total. The second-order valence-corrected chi connectivity index (χ2v) is 3.55. The number of carboxylic acid groups (broad SMARTS) is 1. The molecule has 1 N–H and O–H groups in total. The van der Waals surface area contributed by atoms with Crippen molar-refractivity contribution in [3.8, 4) is 0 Å². The predicted octanol–water partition coefficient (Wildman–Crippen LogP) is 0.480.